The molecule has 0 aliphatic heterocycles. The van der Waals surface area contributed by atoms with Crippen molar-refractivity contribution in [2.75, 3.05) is 18.6 Å². The zero-order valence-corrected chi connectivity index (χ0v) is 73.8. The number of phenolic OH excluding ortho intramolecular Hbond substituents is 1. The summed E-state index contributed by atoms with van der Waals surface area (Å²) < 4.78 is 0. The largest absolute Gasteiger partial charge is 0.508 e. The Bertz CT molecular complexity index is 4100. The van der Waals surface area contributed by atoms with Crippen LogP contribution in [0.15, 0.2) is 67.1 Å². The second kappa shape index (κ2) is 54.7. The van der Waals surface area contributed by atoms with E-state index >= 15 is 0 Å². The molecule has 14 amide bonds. The number of amides is 14. The molecule has 24 N–H and O–H groups in total. The van der Waals surface area contributed by atoms with Crippen LogP contribution in [-0.2, 0) is 106 Å². The maximum Gasteiger partial charge on any atom is 0.326 e. The summed E-state index contributed by atoms with van der Waals surface area (Å²) in [6.45, 7) is 19.3. The van der Waals surface area contributed by atoms with Gasteiger partial charge in [-0.3, -0.25) is 81.5 Å². The first-order valence-corrected chi connectivity index (χ1v) is 43.1. The number of aromatic nitrogens is 2. The molecule has 0 spiro atoms. The van der Waals surface area contributed by atoms with Crippen LogP contribution >= 0.6 is 11.8 Å². The van der Waals surface area contributed by atoms with Crippen molar-refractivity contribution in [3.63, 3.8) is 0 Å². The summed E-state index contributed by atoms with van der Waals surface area (Å²) >= 11 is 1.33. The fraction of sp³-hybridized carbons (Fsp3) is 0.602. The van der Waals surface area contributed by atoms with Gasteiger partial charge in [-0.05, 0) is 130 Å². The normalized spacial score (nSPS) is 15.3. The predicted octanol–water partition coefficient (Wildman–Crippen LogP) is -1.08. The van der Waals surface area contributed by atoms with Gasteiger partial charge in [0, 0.05) is 31.9 Å². The van der Waals surface area contributed by atoms with E-state index in [4.69, 9.17) is 11.5 Å². The molecule has 3 aromatic rings. The minimum Gasteiger partial charge on any atom is -0.508 e. The van der Waals surface area contributed by atoms with Crippen molar-refractivity contribution in [3.05, 3.63) is 83.9 Å². The third-order valence-electron chi connectivity index (χ3n) is 20.4. The Morgan fingerprint density at radius 3 is 1.28 bits per heavy atom. The van der Waals surface area contributed by atoms with E-state index in [9.17, 15) is 112 Å². The second-order valence-corrected chi connectivity index (χ2v) is 33.2. The van der Waals surface area contributed by atoms with Gasteiger partial charge in [0.25, 0.3) is 0 Å². The number of imidazole rings is 1. The van der Waals surface area contributed by atoms with Crippen molar-refractivity contribution in [3.8, 4) is 5.75 Å². The zero-order chi connectivity index (χ0) is 94.1. The molecular formula is C83H128N18O23S. The van der Waals surface area contributed by atoms with Gasteiger partial charge in [0.1, 0.15) is 90.3 Å². The van der Waals surface area contributed by atoms with Gasteiger partial charge in [-0.15, -0.1) is 0 Å². The fourth-order valence-corrected chi connectivity index (χ4v) is 13.2. The van der Waals surface area contributed by atoms with E-state index in [1.54, 1.807) is 78.1 Å². The number of thioether (sulfide) groups is 1. The standard InChI is InChI=1S/C83H128N18O23S/c1-14-45(9)67(82(122)101-68(83(123)124)46(10)15-2)100-80(120)62(39-65(107)108)97-76(116)57(34-43(5)6)94-78(118)60(37-51-40-86-41-87-51)93-69(109)47(11)89-75(115)58(35-49-21-17-16-18-22-49)95-77(117)59(36-50-24-26-52(102)27-25-50)98-81(121)66(44(7)8)99-70(110)48(12)88-72(112)55(28-29-63(103)104)92-73(113)54(23-19-20-31-84)91-79(119)61(38-64(105)106)96-74(114)56(30-32-125-13)90-71(111)53(85)33-42(3)4/h16-18,21-22,24-27,40-48,53-62,66-68,102H,14-15,19-20,23,28-39,84-85H2,1-13H3,(H,86,87)(H,88,112)(H,89,115)(H,90,111)(H,91,119)(H,92,113)(H,93,109)(H,94,118)(H,95,117)(H,96,114)(H,97,116)(H,98,121)(H,99,110)(H,100,120)(H,101,122)(H,103,104)(H,105,106)(H,107,108)(H,123,124)/t45-,46-,47-,48-,53-,54-,55-,56-,57-,58-,59-,60-,61-,62-,66-,67-,68-/m0/s1. The number of nitrogens with two attached hydrogens (primary N) is 2. The molecule has 694 valence electrons. The topological polar surface area (TPSA) is 658 Å². The van der Waals surface area contributed by atoms with Crippen LogP contribution in [0.25, 0.3) is 0 Å². The van der Waals surface area contributed by atoms with Gasteiger partial charge >= 0.3 is 23.9 Å². The monoisotopic (exact) mass is 1780 g/mol. The predicted molar refractivity (Wildman–Crippen MR) is 458 cm³/mol. The first kappa shape index (κ1) is 107. The number of rotatable bonds is 58. The Labute approximate surface area is 730 Å². The van der Waals surface area contributed by atoms with Crippen molar-refractivity contribution in [1.82, 2.24) is 84.4 Å². The van der Waals surface area contributed by atoms with Gasteiger partial charge < -0.3 is 116 Å². The molecule has 0 saturated heterocycles. The maximum atomic E-state index is 15.0. The molecule has 125 heavy (non-hydrogen) atoms. The van der Waals surface area contributed by atoms with Crippen LogP contribution in [0, 0.1) is 29.6 Å². The van der Waals surface area contributed by atoms with Crippen molar-refractivity contribution >= 4 is 118 Å². The number of nitrogens with one attached hydrogen (secondary N) is 15. The lowest BCUT2D eigenvalue weighted by Crippen LogP contribution is -2.61. The molecule has 17 atom stereocenters. The highest BCUT2D eigenvalue weighted by molar-refractivity contribution is 7.98. The molecule has 0 bridgehead atoms. The van der Waals surface area contributed by atoms with Gasteiger partial charge in [-0.25, -0.2) is 9.78 Å². The number of hydrogen-bond acceptors (Lipinski definition) is 23. The van der Waals surface area contributed by atoms with Gasteiger partial charge in [0.05, 0.1) is 30.9 Å². The van der Waals surface area contributed by atoms with Gasteiger partial charge in [0.2, 0.25) is 82.7 Å². The fourth-order valence-electron chi connectivity index (χ4n) is 12.8. The highest BCUT2D eigenvalue weighted by Gasteiger charge is 2.40. The number of benzene rings is 2. The average molecular weight is 1780 g/mol. The lowest BCUT2D eigenvalue weighted by molar-refractivity contribution is -0.144. The van der Waals surface area contributed by atoms with Gasteiger partial charge in [0.15, 0.2) is 0 Å². The van der Waals surface area contributed by atoms with Gasteiger partial charge in [-0.2, -0.15) is 11.8 Å². The third kappa shape index (κ3) is 38.9. The van der Waals surface area contributed by atoms with Crippen molar-refractivity contribution in [2.24, 2.45) is 41.1 Å². The number of carbonyl (C=O) groups excluding carboxylic acids is 14. The lowest BCUT2D eigenvalue weighted by atomic mass is 9.95. The van der Waals surface area contributed by atoms with E-state index in [1.807, 2.05) is 13.8 Å². The summed E-state index contributed by atoms with van der Waals surface area (Å²) in [4.78, 5) is 255. The smallest absolute Gasteiger partial charge is 0.326 e. The minimum atomic E-state index is -1.86. The number of hydrogen-bond donors (Lipinski definition) is 22. The Morgan fingerprint density at radius 2 is 0.800 bits per heavy atom. The Balaban J connectivity index is 1.96. The Kier molecular flexibility index (Phi) is 47.0. The molecule has 41 nitrogen and oxygen atoms in total. The van der Waals surface area contributed by atoms with Crippen LogP contribution in [0.5, 0.6) is 5.75 Å². The molecule has 0 saturated carbocycles. The van der Waals surface area contributed by atoms with Crippen molar-refractivity contribution in [1.29, 1.82) is 0 Å². The minimum absolute atomic E-state index is 0.0113. The van der Waals surface area contributed by atoms with Crippen LogP contribution in [0.3, 0.4) is 0 Å². The van der Waals surface area contributed by atoms with Crippen LogP contribution in [-0.4, -0.2) is 251 Å². The number of phenols is 1. The highest BCUT2D eigenvalue weighted by Crippen LogP contribution is 2.19. The molecule has 0 fully saturated rings. The number of carbonyl (C=O) groups is 18. The lowest BCUT2D eigenvalue weighted by Gasteiger charge is -2.29. The third-order valence-corrected chi connectivity index (χ3v) is 21.0. The molecule has 0 unspecified atom stereocenters. The number of unbranched alkanes of at least 4 members (excludes halogenated alkanes) is 1. The quantitative estimate of drug-likeness (QED) is 0.0299. The van der Waals surface area contributed by atoms with E-state index in [0.29, 0.717) is 29.7 Å². The van der Waals surface area contributed by atoms with E-state index in [-0.39, 0.29) is 87.6 Å². The second-order valence-electron chi connectivity index (χ2n) is 32.2. The van der Waals surface area contributed by atoms with Crippen molar-refractivity contribution < 1.29 is 112 Å². The molecule has 42 heteroatoms. The zero-order valence-electron chi connectivity index (χ0n) is 73.0. The Morgan fingerprint density at radius 1 is 0.408 bits per heavy atom. The molecule has 1 aromatic heterocycles. The molecule has 0 aliphatic carbocycles. The van der Waals surface area contributed by atoms with E-state index in [1.165, 1.54) is 76.2 Å². The van der Waals surface area contributed by atoms with Crippen LogP contribution in [0.1, 0.15) is 177 Å². The summed E-state index contributed by atoms with van der Waals surface area (Å²) in [7, 11) is 0. The SMILES string of the molecule is CC[C@H](C)[C@H](NC(=O)[C@@H](NC(=O)[C@H](CC(=O)O)NC(=O)[C@H](CC(C)C)NC(=O)[C@H](Cc1c[nH]cn1)NC(=O)[C@H](C)NC(=O)[C@H](Cc1ccccc1)NC(=O)[C@H](Cc1ccc(O)cc1)NC(=O)[C@@H](NC(=O)[C@H](C)NC(=O)[C@H](CCC(=O)O)NC(=O)[C@H](CCCCN)NC(=O)[C@H](CC(=O)O)NC(=O)[C@H](CCSC)NC(=O)[C@@H](N)CC(C)C)C(C)C)[C@@H](C)CC)C(=O)O. The number of aromatic hydroxyl groups is 1. The molecule has 2 aromatic carbocycles. The summed E-state index contributed by atoms with van der Waals surface area (Å²) in [5.41, 5.74) is 12.9. The number of aromatic amines is 1. The van der Waals surface area contributed by atoms with Crippen molar-refractivity contribution in [2.45, 2.75) is 270 Å². The average Bonchev–Trinajstić information content (AvgIpc) is 1.48. The summed E-state index contributed by atoms with van der Waals surface area (Å²) in [5, 5.41) is 84.9. The summed E-state index contributed by atoms with van der Waals surface area (Å²) in [6, 6.07) is -9.26. The van der Waals surface area contributed by atoms with E-state index in [2.05, 4.69) is 84.4 Å². The molecule has 1 heterocycles. The number of nitrogens with zero attached hydrogens (tertiary/aromatic N) is 1. The molecule has 0 aliphatic rings. The van der Waals surface area contributed by atoms with E-state index in [0.717, 1.165) is 0 Å². The maximum absolute atomic E-state index is 15.0. The molecule has 3 rings (SSSR count). The van der Waals surface area contributed by atoms with Gasteiger partial charge in [-0.1, -0.05) is 125 Å². The number of carboxylic acid groups (broad SMARTS) is 4. The van der Waals surface area contributed by atoms with Crippen LogP contribution in [0.2, 0.25) is 0 Å². The molecular weight excluding hydrogens is 1650 g/mol. The first-order valence-electron chi connectivity index (χ1n) is 41.7. The number of aliphatic carboxylic acids is 4. The number of H-pyrrole nitrogens is 1. The first-order chi connectivity index (χ1) is 58.8. The Hall–Kier alpha value is -11.8. The summed E-state index contributed by atoms with van der Waals surface area (Å²) in [5.74, 6) is -22.0. The van der Waals surface area contributed by atoms with Crippen LogP contribution < -0.4 is 85.9 Å². The highest BCUT2D eigenvalue weighted by atomic mass is 32.2. The number of carboxylic acids is 4. The summed E-state index contributed by atoms with van der Waals surface area (Å²) in [6.07, 6.45) is 1.29. The van der Waals surface area contributed by atoms with Crippen LogP contribution in [0.4, 0.5) is 0 Å². The van der Waals surface area contributed by atoms with E-state index < -0.39 is 241 Å². The molecule has 0 radical (unpaired) electrons.